The number of hydrogen-bond acceptors (Lipinski definition) is 4. The molecular formula is C13H20N2O3S. The molecule has 1 aliphatic heterocycles. The number of aryl methyl sites for hydroxylation is 1. The first-order valence-electron chi connectivity index (χ1n) is 6.68. The summed E-state index contributed by atoms with van der Waals surface area (Å²) in [5, 5.41) is 11.0. The highest BCUT2D eigenvalue weighted by Crippen LogP contribution is 2.18. The van der Waals surface area contributed by atoms with Crippen LogP contribution in [0.1, 0.15) is 31.4 Å². The summed E-state index contributed by atoms with van der Waals surface area (Å²) >= 11 is 1.20. The second-order valence-electron chi connectivity index (χ2n) is 4.96. The normalized spacial score (nSPS) is 19.1. The van der Waals surface area contributed by atoms with Crippen LogP contribution in [0.4, 0.5) is 0 Å². The third-order valence-electron chi connectivity index (χ3n) is 3.66. The average molecular weight is 284 g/mol. The first-order valence-corrected chi connectivity index (χ1v) is 7.56. The quantitative estimate of drug-likeness (QED) is 0.877. The highest BCUT2D eigenvalue weighted by atomic mass is 32.1. The average Bonchev–Trinajstić information content (AvgIpc) is 2.99. The van der Waals surface area contributed by atoms with Gasteiger partial charge in [0.25, 0.3) is 0 Å². The van der Waals surface area contributed by atoms with Crippen molar-refractivity contribution < 1.29 is 9.90 Å². The number of likely N-dealkylation sites (tertiary alicyclic amines) is 1. The van der Waals surface area contributed by atoms with E-state index in [-0.39, 0.29) is 23.4 Å². The van der Waals surface area contributed by atoms with Crippen LogP contribution in [0.2, 0.25) is 0 Å². The van der Waals surface area contributed by atoms with E-state index in [9.17, 15) is 14.7 Å². The van der Waals surface area contributed by atoms with Gasteiger partial charge < -0.3 is 14.6 Å². The number of rotatable bonds is 5. The van der Waals surface area contributed by atoms with Crippen molar-refractivity contribution in [2.45, 2.75) is 45.2 Å². The van der Waals surface area contributed by atoms with Gasteiger partial charge in [0.2, 0.25) is 5.91 Å². The number of aliphatic hydroxyl groups is 1. The van der Waals surface area contributed by atoms with E-state index in [0.717, 1.165) is 25.1 Å². The van der Waals surface area contributed by atoms with Gasteiger partial charge in [0.05, 0.1) is 12.6 Å². The highest BCUT2D eigenvalue weighted by Gasteiger charge is 2.27. The number of carbonyl (C=O) groups excluding carboxylic acids is 1. The lowest BCUT2D eigenvalue weighted by molar-refractivity contribution is -0.132. The van der Waals surface area contributed by atoms with E-state index in [1.807, 2.05) is 12.3 Å². The third kappa shape index (κ3) is 3.25. The topological polar surface area (TPSA) is 62.5 Å². The SMILES string of the molecule is Cc1csc(=O)n1CCCC(=O)N1CCCC1CO. The van der Waals surface area contributed by atoms with Gasteiger partial charge >= 0.3 is 4.87 Å². The first kappa shape index (κ1) is 14.3. The smallest absolute Gasteiger partial charge is 0.307 e. The molecule has 1 unspecified atom stereocenters. The molecule has 1 atom stereocenters. The molecule has 1 N–H and O–H groups in total. The summed E-state index contributed by atoms with van der Waals surface area (Å²) in [5.74, 6) is 0.0949. The molecule has 2 heterocycles. The summed E-state index contributed by atoms with van der Waals surface area (Å²) in [5.41, 5.74) is 0.955. The van der Waals surface area contributed by atoms with E-state index < -0.39 is 0 Å². The largest absolute Gasteiger partial charge is 0.394 e. The maximum absolute atomic E-state index is 12.0. The lowest BCUT2D eigenvalue weighted by Gasteiger charge is -2.23. The molecule has 1 aliphatic rings. The van der Waals surface area contributed by atoms with Gasteiger partial charge in [-0.15, -0.1) is 0 Å². The Morgan fingerprint density at radius 3 is 3.00 bits per heavy atom. The number of nitrogens with zero attached hydrogens (tertiary/aromatic N) is 2. The van der Waals surface area contributed by atoms with E-state index >= 15 is 0 Å². The number of thiazole rings is 1. The monoisotopic (exact) mass is 284 g/mol. The van der Waals surface area contributed by atoms with E-state index in [1.165, 1.54) is 11.3 Å². The minimum absolute atomic E-state index is 0.00175. The Morgan fingerprint density at radius 1 is 1.58 bits per heavy atom. The van der Waals surface area contributed by atoms with Gasteiger partial charge in [-0.3, -0.25) is 9.59 Å². The molecule has 0 bridgehead atoms. The van der Waals surface area contributed by atoms with Crippen LogP contribution in [0.25, 0.3) is 0 Å². The number of aromatic nitrogens is 1. The molecule has 1 saturated heterocycles. The van der Waals surface area contributed by atoms with Crippen LogP contribution < -0.4 is 4.87 Å². The maximum Gasteiger partial charge on any atom is 0.307 e. The molecule has 19 heavy (non-hydrogen) atoms. The van der Waals surface area contributed by atoms with Crippen molar-refractivity contribution in [3.63, 3.8) is 0 Å². The fourth-order valence-corrected chi connectivity index (χ4v) is 3.32. The molecule has 1 aromatic heterocycles. The van der Waals surface area contributed by atoms with Crippen LogP contribution in [0.15, 0.2) is 10.2 Å². The minimum Gasteiger partial charge on any atom is -0.394 e. The Bertz CT molecular complexity index is 494. The van der Waals surface area contributed by atoms with Crippen molar-refractivity contribution in [3.05, 3.63) is 20.7 Å². The van der Waals surface area contributed by atoms with Gasteiger partial charge in [0.15, 0.2) is 0 Å². The Kier molecular flexibility index (Phi) is 4.76. The Morgan fingerprint density at radius 2 is 2.37 bits per heavy atom. The maximum atomic E-state index is 12.0. The minimum atomic E-state index is -0.00175. The third-order valence-corrected chi connectivity index (χ3v) is 4.54. The molecule has 1 fully saturated rings. The molecule has 0 radical (unpaired) electrons. The molecule has 0 aromatic carbocycles. The summed E-state index contributed by atoms with van der Waals surface area (Å²) in [7, 11) is 0. The van der Waals surface area contributed by atoms with Crippen molar-refractivity contribution in [1.29, 1.82) is 0 Å². The number of carbonyl (C=O) groups is 1. The Hall–Kier alpha value is -1.14. The van der Waals surface area contributed by atoms with E-state index in [4.69, 9.17) is 0 Å². The van der Waals surface area contributed by atoms with Gasteiger partial charge in [-0.25, -0.2) is 0 Å². The molecule has 106 valence electrons. The van der Waals surface area contributed by atoms with Gasteiger partial charge in [-0.1, -0.05) is 11.3 Å². The zero-order valence-electron chi connectivity index (χ0n) is 11.2. The van der Waals surface area contributed by atoms with Crippen molar-refractivity contribution in [2.75, 3.05) is 13.2 Å². The zero-order chi connectivity index (χ0) is 13.8. The number of hydrogen-bond donors (Lipinski definition) is 1. The van der Waals surface area contributed by atoms with Gasteiger partial charge in [0, 0.05) is 30.6 Å². The predicted molar refractivity (Wildman–Crippen MR) is 74.4 cm³/mol. The second kappa shape index (κ2) is 6.34. The zero-order valence-corrected chi connectivity index (χ0v) is 12.0. The van der Waals surface area contributed by atoms with E-state index in [2.05, 4.69) is 0 Å². The van der Waals surface area contributed by atoms with Crippen LogP contribution in [0.5, 0.6) is 0 Å². The second-order valence-corrected chi connectivity index (χ2v) is 5.78. The molecule has 1 amide bonds. The molecule has 0 spiro atoms. The Labute approximate surface area is 116 Å². The number of aliphatic hydroxyl groups excluding tert-OH is 1. The molecule has 0 aliphatic carbocycles. The summed E-state index contributed by atoms with van der Waals surface area (Å²) < 4.78 is 1.71. The molecule has 1 aromatic rings. The molecular weight excluding hydrogens is 264 g/mol. The molecule has 0 saturated carbocycles. The summed E-state index contributed by atoms with van der Waals surface area (Å²) in [6.07, 6.45) is 2.98. The fraction of sp³-hybridized carbons (Fsp3) is 0.692. The number of amides is 1. The van der Waals surface area contributed by atoms with Crippen molar-refractivity contribution in [2.24, 2.45) is 0 Å². The van der Waals surface area contributed by atoms with Crippen LogP contribution in [-0.2, 0) is 11.3 Å². The van der Waals surface area contributed by atoms with Crippen LogP contribution in [0, 0.1) is 6.92 Å². The first-order chi connectivity index (χ1) is 9.13. The van der Waals surface area contributed by atoms with E-state index in [0.29, 0.717) is 19.4 Å². The van der Waals surface area contributed by atoms with Gasteiger partial charge in [0.1, 0.15) is 0 Å². The Balaban J connectivity index is 1.83. The molecule has 2 rings (SSSR count). The van der Waals surface area contributed by atoms with Crippen LogP contribution >= 0.6 is 11.3 Å². The summed E-state index contributed by atoms with van der Waals surface area (Å²) in [4.78, 5) is 25.4. The lowest BCUT2D eigenvalue weighted by atomic mass is 10.2. The molecule has 6 heteroatoms. The van der Waals surface area contributed by atoms with Crippen LogP contribution in [-0.4, -0.2) is 39.7 Å². The summed E-state index contributed by atoms with van der Waals surface area (Å²) in [6.45, 7) is 3.30. The van der Waals surface area contributed by atoms with Crippen molar-refractivity contribution in [1.82, 2.24) is 9.47 Å². The highest BCUT2D eigenvalue weighted by molar-refractivity contribution is 7.07. The van der Waals surface area contributed by atoms with Gasteiger partial charge in [-0.2, -0.15) is 0 Å². The fourth-order valence-electron chi connectivity index (χ4n) is 2.56. The van der Waals surface area contributed by atoms with Crippen LogP contribution in [0.3, 0.4) is 0 Å². The predicted octanol–water partition coefficient (Wildman–Crippen LogP) is 0.982. The standard InChI is InChI=1S/C13H20N2O3S/c1-10-9-19-13(18)14(10)6-3-5-12(17)15-7-2-4-11(15)8-16/h9,11,16H,2-8H2,1H3. The van der Waals surface area contributed by atoms with Gasteiger partial charge in [-0.05, 0) is 26.2 Å². The van der Waals surface area contributed by atoms with Crippen molar-refractivity contribution >= 4 is 17.2 Å². The molecule has 5 nitrogen and oxygen atoms in total. The summed E-state index contributed by atoms with van der Waals surface area (Å²) in [6, 6.07) is -0.00175. The van der Waals surface area contributed by atoms with E-state index in [1.54, 1.807) is 9.47 Å². The van der Waals surface area contributed by atoms with Crippen molar-refractivity contribution in [3.8, 4) is 0 Å². The lowest BCUT2D eigenvalue weighted by Crippen LogP contribution is -2.37.